The Morgan fingerprint density at radius 2 is 1.80 bits per heavy atom. The molecule has 2 aliphatic rings. The van der Waals surface area contributed by atoms with Gasteiger partial charge >= 0.3 is 0 Å². The summed E-state index contributed by atoms with van der Waals surface area (Å²) in [6.45, 7) is 8.82. The van der Waals surface area contributed by atoms with Gasteiger partial charge in [0.1, 0.15) is 0 Å². The van der Waals surface area contributed by atoms with E-state index in [0.29, 0.717) is 5.96 Å². The third kappa shape index (κ3) is 5.06. The molecule has 1 saturated carbocycles. The highest BCUT2D eigenvalue weighted by Crippen LogP contribution is 2.38. The molecule has 0 atom stereocenters. The number of hydrogen-bond donors (Lipinski definition) is 1. The van der Waals surface area contributed by atoms with Gasteiger partial charge in [0.25, 0.3) is 0 Å². The Balaban J connectivity index is 0.00000200. The third-order valence-corrected chi connectivity index (χ3v) is 4.69. The number of nitrogens with zero attached hydrogens (tertiary/aromatic N) is 2. The van der Waals surface area contributed by atoms with Crippen molar-refractivity contribution in [1.82, 2.24) is 4.90 Å². The summed E-state index contributed by atoms with van der Waals surface area (Å²) in [5.74, 6) is 1.51. The number of aliphatic imine (C=N–C) groups is 1. The topological polar surface area (TPSA) is 50.8 Å². The van der Waals surface area contributed by atoms with Crippen LogP contribution in [-0.2, 0) is 4.74 Å². The highest BCUT2D eigenvalue weighted by atomic mass is 127. The summed E-state index contributed by atoms with van der Waals surface area (Å²) in [5.41, 5.74) is 6.38. The summed E-state index contributed by atoms with van der Waals surface area (Å²) < 4.78 is 5.34. The van der Waals surface area contributed by atoms with Crippen LogP contribution in [0, 0.1) is 11.3 Å². The van der Waals surface area contributed by atoms with E-state index < -0.39 is 0 Å². The summed E-state index contributed by atoms with van der Waals surface area (Å²) >= 11 is 0. The SMILES string of the molecule is CC(C)(CN=C(N)N1CCOCC1)C1CCCCC1.I. The first-order valence-corrected chi connectivity index (χ1v) is 7.72. The maximum absolute atomic E-state index is 6.11. The molecule has 0 amide bonds. The Bertz CT molecular complexity index is 308. The summed E-state index contributed by atoms with van der Waals surface area (Å²) in [6, 6.07) is 0. The average Bonchev–Trinajstić information content (AvgIpc) is 2.47. The second kappa shape index (κ2) is 8.41. The molecular formula is C15H30IN3O. The maximum atomic E-state index is 6.11. The van der Waals surface area contributed by atoms with Crippen LogP contribution in [0.1, 0.15) is 46.0 Å². The molecule has 0 radical (unpaired) electrons. The molecule has 1 aliphatic heterocycles. The van der Waals surface area contributed by atoms with Crippen molar-refractivity contribution >= 4 is 29.9 Å². The Labute approximate surface area is 140 Å². The highest BCUT2D eigenvalue weighted by Gasteiger charge is 2.30. The third-order valence-electron chi connectivity index (χ3n) is 4.69. The molecule has 5 heteroatoms. The summed E-state index contributed by atoms with van der Waals surface area (Å²) in [4.78, 5) is 6.80. The van der Waals surface area contributed by atoms with Gasteiger partial charge in [-0.15, -0.1) is 24.0 Å². The Hall–Kier alpha value is -0.0400. The van der Waals surface area contributed by atoms with Gasteiger partial charge < -0.3 is 15.4 Å². The van der Waals surface area contributed by atoms with Gasteiger partial charge in [-0.2, -0.15) is 0 Å². The molecule has 20 heavy (non-hydrogen) atoms. The van der Waals surface area contributed by atoms with Gasteiger partial charge in [0.05, 0.1) is 13.2 Å². The smallest absolute Gasteiger partial charge is 0.191 e. The molecule has 2 fully saturated rings. The van der Waals surface area contributed by atoms with E-state index >= 15 is 0 Å². The quantitative estimate of drug-likeness (QED) is 0.454. The Morgan fingerprint density at radius 3 is 2.40 bits per heavy atom. The predicted octanol–water partition coefficient (Wildman–Crippen LogP) is 2.86. The number of ether oxygens (including phenoxy) is 1. The monoisotopic (exact) mass is 395 g/mol. The van der Waals surface area contributed by atoms with Crippen LogP contribution in [0.5, 0.6) is 0 Å². The lowest BCUT2D eigenvalue weighted by atomic mass is 9.71. The van der Waals surface area contributed by atoms with Crippen LogP contribution in [-0.4, -0.2) is 43.7 Å². The molecule has 118 valence electrons. The van der Waals surface area contributed by atoms with E-state index in [-0.39, 0.29) is 29.4 Å². The summed E-state index contributed by atoms with van der Waals surface area (Å²) in [5, 5.41) is 0. The molecule has 0 spiro atoms. The van der Waals surface area contributed by atoms with Gasteiger partial charge in [-0.25, -0.2) is 0 Å². The van der Waals surface area contributed by atoms with Crippen molar-refractivity contribution in [2.24, 2.45) is 22.1 Å². The fraction of sp³-hybridized carbons (Fsp3) is 0.933. The lowest BCUT2D eigenvalue weighted by molar-refractivity contribution is 0.0671. The van der Waals surface area contributed by atoms with Crippen LogP contribution in [0.4, 0.5) is 0 Å². The second-order valence-corrected chi connectivity index (χ2v) is 6.60. The predicted molar refractivity (Wildman–Crippen MR) is 94.7 cm³/mol. The van der Waals surface area contributed by atoms with Crippen molar-refractivity contribution < 1.29 is 4.74 Å². The molecule has 4 nitrogen and oxygen atoms in total. The van der Waals surface area contributed by atoms with Crippen molar-refractivity contribution in [2.45, 2.75) is 46.0 Å². The molecule has 0 bridgehead atoms. The van der Waals surface area contributed by atoms with Gasteiger partial charge in [-0.3, -0.25) is 4.99 Å². The van der Waals surface area contributed by atoms with E-state index in [2.05, 4.69) is 23.7 Å². The van der Waals surface area contributed by atoms with Crippen molar-refractivity contribution in [3.05, 3.63) is 0 Å². The van der Waals surface area contributed by atoms with E-state index in [1.165, 1.54) is 32.1 Å². The molecule has 0 aromatic heterocycles. The van der Waals surface area contributed by atoms with Crippen LogP contribution in [0.2, 0.25) is 0 Å². The van der Waals surface area contributed by atoms with Crippen molar-refractivity contribution in [1.29, 1.82) is 0 Å². The number of guanidine groups is 1. The molecule has 1 aliphatic carbocycles. The standard InChI is InChI=1S/C15H29N3O.HI/c1-15(2,13-6-4-3-5-7-13)12-17-14(16)18-8-10-19-11-9-18;/h13H,3-12H2,1-2H3,(H2,16,17);1H. The minimum atomic E-state index is 0. The Morgan fingerprint density at radius 1 is 1.20 bits per heavy atom. The van der Waals surface area contributed by atoms with E-state index in [0.717, 1.165) is 38.8 Å². The van der Waals surface area contributed by atoms with E-state index in [9.17, 15) is 0 Å². The fourth-order valence-corrected chi connectivity index (χ4v) is 3.19. The molecule has 2 N–H and O–H groups in total. The summed E-state index contributed by atoms with van der Waals surface area (Å²) in [7, 11) is 0. The zero-order valence-electron chi connectivity index (χ0n) is 12.9. The molecule has 0 aromatic rings. The van der Waals surface area contributed by atoms with Gasteiger partial charge in [-0.05, 0) is 24.2 Å². The first-order chi connectivity index (χ1) is 9.09. The molecule has 0 aromatic carbocycles. The molecule has 0 unspecified atom stereocenters. The highest BCUT2D eigenvalue weighted by molar-refractivity contribution is 14.0. The molecule has 1 heterocycles. The van der Waals surface area contributed by atoms with Crippen molar-refractivity contribution in [3.8, 4) is 0 Å². The zero-order chi connectivity index (χ0) is 13.7. The number of morpholine rings is 1. The maximum Gasteiger partial charge on any atom is 0.191 e. The van der Waals surface area contributed by atoms with Crippen LogP contribution in [0.15, 0.2) is 4.99 Å². The van der Waals surface area contributed by atoms with Crippen LogP contribution in [0.3, 0.4) is 0 Å². The average molecular weight is 395 g/mol. The normalized spacial score (nSPS) is 22.5. The van der Waals surface area contributed by atoms with E-state index in [4.69, 9.17) is 10.5 Å². The van der Waals surface area contributed by atoms with Gasteiger partial charge in [0.2, 0.25) is 0 Å². The summed E-state index contributed by atoms with van der Waals surface area (Å²) in [6.07, 6.45) is 6.90. The lowest BCUT2D eigenvalue weighted by Gasteiger charge is -2.36. The Kier molecular flexibility index (Phi) is 7.58. The number of hydrogen-bond acceptors (Lipinski definition) is 2. The van der Waals surface area contributed by atoms with E-state index in [1.807, 2.05) is 0 Å². The molecule has 1 saturated heterocycles. The van der Waals surface area contributed by atoms with Crippen LogP contribution >= 0.6 is 24.0 Å². The van der Waals surface area contributed by atoms with Crippen LogP contribution in [0.25, 0.3) is 0 Å². The van der Waals surface area contributed by atoms with Crippen molar-refractivity contribution in [2.75, 3.05) is 32.8 Å². The largest absolute Gasteiger partial charge is 0.378 e. The van der Waals surface area contributed by atoms with Crippen molar-refractivity contribution in [3.63, 3.8) is 0 Å². The lowest BCUT2D eigenvalue weighted by Crippen LogP contribution is -2.45. The molecular weight excluding hydrogens is 365 g/mol. The number of halogens is 1. The van der Waals surface area contributed by atoms with Gasteiger partial charge in [0.15, 0.2) is 5.96 Å². The van der Waals surface area contributed by atoms with Crippen LogP contribution < -0.4 is 5.73 Å². The van der Waals surface area contributed by atoms with Gasteiger partial charge in [-0.1, -0.05) is 33.1 Å². The molecule has 2 rings (SSSR count). The number of rotatable bonds is 3. The van der Waals surface area contributed by atoms with Gasteiger partial charge in [0, 0.05) is 19.6 Å². The fourth-order valence-electron chi connectivity index (χ4n) is 3.19. The minimum absolute atomic E-state index is 0. The number of nitrogens with two attached hydrogens (primary N) is 1. The first kappa shape index (κ1) is 18.0. The first-order valence-electron chi connectivity index (χ1n) is 7.72. The minimum Gasteiger partial charge on any atom is -0.378 e. The zero-order valence-corrected chi connectivity index (χ0v) is 15.3. The van der Waals surface area contributed by atoms with E-state index in [1.54, 1.807) is 0 Å². The second-order valence-electron chi connectivity index (χ2n) is 6.60.